The molecule has 0 bridgehead atoms. The Morgan fingerprint density at radius 2 is 2.00 bits per heavy atom. The summed E-state index contributed by atoms with van der Waals surface area (Å²) in [6.07, 6.45) is -1.28. The fourth-order valence-electron chi connectivity index (χ4n) is 2.60. The Hall–Kier alpha value is -3.23. The van der Waals surface area contributed by atoms with Crippen LogP contribution in [0.15, 0.2) is 52.4 Å². The minimum Gasteiger partial charge on any atom is -0.382 e. The van der Waals surface area contributed by atoms with Gasteiger partial charge in [0.2, 0.25) is 5.91 Å². The summed E-state index contributed by atoms with van der Waals surface area (Å²) in [5.41, 5.74) is 1.22. The maximum atomic E-state index is 12.4. The number of rotatable bonds is 4. The average molecular weight is 386 g/mol. The first-order valence-corrected chi connectivity index (χ1v) is 8.30. The molecular weight excluding hydrogens is 370 g/mol. The van der Waals surface area contributed by atoms with E-state index in [1.54, 1.807) is 42.5 Å². The summed E-state index contributed by atoms with van der Waals surface area (Å²) in [5.74, 6) is 5.22. The van der Waals surface area contributed by atoms with Gasteiger partial charge in [0, 0.05) is 17.6 Å². The number of hydrogen-bond donors (Lipinski definition) is 4. The quantitative estimate of drug-likeness (QED) is 0.309. The van der Waals surface area contributed by atoms with Gasteiger partial charge in [0.05, 0.1) is 11.0 Å². The molecule has 2 aromatic carbocycles. The maximum absolute atomic E-state index is 12.4. The fraction of sp³-hybridized carbons (Fsp3) is 0.111. The minimum absolute atomic E-state index is 0.0830. The molecule has 3 rings (SSSR count). The molecule has 8 nitrogen and oxygen atoms in total. The van der Waals surface area contributed by atoms with Gasteiger partial charge in [-0.25, -0.2) is 4.98 Å². The average Bonchev–Trinajstić information content (AvgIpc) is 2.62. The van der Waals surface area contributed by atoms with Crippen molar-refractivity contribution in [3.05, 3.63) is 69.1 Å². The molecule has 0 radical (unpaired) electrons. The van der Waals surface area contributed by atoms with Crippen LogP contribution in [0.3, 0.4) is 0 Å². The zero-order valence-electron chi connectivity index (χ0n) is 14.2. The molecule has 1 atom stereocenters. The molecule has 0 aliphatic carbocycles. The molecule has 0 unspecified atom stereocenters. The molecule has 0 saturated carbocycles. The van der Waals surface area contributed by atoms with Gasteiger partial charge in [-0.2, -0.15) is 5.10 Å². The van der Waals surface area contributed by atoms with Gasteiger partial charge in [-0.15, -0.1) is 0 Å². The summed E-state index contributed by atoms with van der Waals surface area (Å²) in [5, 5.41) is 17.3. The Balaban J connectivity index is 1.98. The van der Waals surface area contributed by atoms with Crippen molar-refractivity contribution < 1.29 is 9.90 Å². The Labute approximate surface area is 158 Å². The van der Waals surface area contributed by atoms with Crippen LogP contribution >= 0.6 is 11.6 Å². The van der Waals surface area contributed by atoms with Crippen LogP contribution in [0.25, 0.3) is 11.0 Å². The van der Waals surface area contributed by atoms with Crippen LogP contribution in [0.2, 0.25) is 5.02 Å². The van der Waals surface area contributed by atoms with Crippen molar-refractivity contribution in [1.82, 2.24) is 9.97 Å². The molecule has 0 saturated heterocycles. The SMILES string of the molecule is CC(=O)Nc1ccc([C@@H](O)/C(=N\N)c2nc3ccc(Cl)cc3[nH]c2=O)cc1. The lowest BCUT2D eigenvalue weighted by atomic mass is 10.0. The van der Waals surface area contributed by atoms with Crippen LogP contribution in [-0.4, -0.2) is 26.7 Å². The molecule has 5 N–H and O–H groups in total. The summed E-state index contributed by atoms with van der Waals surface area (Å²) in [7, 11) is 0. The summed E-state index contributed by atoms with van der Waals surface area (Å²) in [4.78, 5) is 30.4. The van der Waals surface area contributed by atoms with E-state index in [9.17, 15) is 14.7 Å². The van der Waals surface area contributed by atoms with E-state index in [0.29, 0.717) is 27.3 Å². The van der Waals surface area contributed by atoms with E-state index in [-0.39, 0.29) is 17.3 Å². The number of nitrogens with one attached hydrogen (secondary N) is 2. The first-order valence-electron chi connectivity index (χ1n) is 7.92. The highest BCUT2D eigenvalue weighted by atomic mass is 35.5. The molecule has 0 aliphatic heterocycles. The summed E-state index contributed by atoms with van der Waals surface area (Å²) < 4.78 is 0. The molecule has 1 aromatic heterocycles. The van der Waals surface area contributed by atoms with Crippen molar-refractivity contribution in [2.75, 3.05) is 5.32 Å². The highest BCUT2D eigenvalue weighted by Crippen LogP contribution is 2.21. The van der Waals surface area contributed by atoms with E-state index in [2.05, 4.69) is 20.4 Å². The van der Waals surface area contributed by atoms with E-state index in [1.807, 2.05) is 0 Å². The van der Waals surface area contributed by atoms with Crippen LogP contribution in [0.1, 0.15) is 24.3 Å². The second-order valence-corrected chi connectivity index (χ2v) is 6.23. The predicted molar refractivity (Wildman–Crippen MR) is 104 cm³/mol. The largest absolute Gasteiger partial charge is 0.382 e. The molecule has 138 valence electrons. The smallest absolute Gasteiger partial charge is 0.276 e. The van der Waals surface area contributed by atoms with Crippen LogP contribution in [0.4, 0.5) is 5.69 Å². The normalized spacial score (nSPS) is 12.8. The Morgan fingerprint density at radius 1 is 1.30 bits per heavy atom. The molecule has 0 aliphatic rings. The number of aliphatic hydroxyl groups excluding tert-OH is 1. The first-order chi connectivity index (χ1) is 12.9. The number of halogens is 1. The number of aromatic amines is 1. The molecule has 3 aromatic rings. The van der Waals surface area contributed by atoms with Gasteiger partial charge >= 0.3 is 0 Å². The van der Waals surface area contributed by atoms with E-state index in [4.69, 9.17) is 17.4 Å². The number of nitrogens with two attached hydrogens (primary N) is 1. The van der Waals surface area contributed by atoms with Crippen molar-refractivity contribution in [2.24, 2.45) is 10.9 Å². The van der Waals surface area contributed by atoms with Gasteiger partial charge in [0.15, 0.2) is 5.69 Å². The molecular formula is C18H16ClN5O3. The van der Waals surface area contributed by atoms with Crippen LogP contribution in [0.5, 0.6) is 0 Å². The molecule has 0 fully saturated rings. The second kappa shape index (κ2) is 7.56. The van der Waals surface area contributed by atoms with Crippen molar-refractivity contribution >= 4 is 39.9 Å². The van der Waals surface area contributed by atoms with Gasteiger partial charge in [-0.3, -0.25) is 9.59 Å². The number of fused-ring (bicyclic) bond motifs is 1. The third-order valence-corrected chi connectivity index (χ3v) is 4.08. The van der Waals surface area contributed by atoms with Gasteiger partial charge in [-0.05, 0) is 35.9 Å². The number of amides is 1. The Morgan fingerprint density at radius 3 is 2.63 bits per heavy atom. The lowest BCUT2D eigenvalue weighted by Crippen LogP contribution is -2.26. The van der Waals surface area contributed by atoms with E-state index >= 15 is 0 Å². The molecule has 9 heteroatoms. The number of carbonyl (C=O) groups excluding carboxylic acids is 1. The zero-order valence-corrected chi connectivity index (χ0v) is 15.0. The number of benzene rings is 2. The summed E-state index contributed by atoms with van der Waals surface area (Å²) in [6.45, 7) is 1.40. The first kappa shape index (κ1) is 18.6. The summed E-state index contributed by atoms with van der Waals surface area (Å²) in [6, 6.07) is 11.3. The van der Waals surface area contributed by atoms with Crippen molar-refractivity contribution in [2.45, 2.75) is 13.0 Å². The molecule has 0 spiro atoms. The minimum atomic E-state index is -1.28. The number of aliphatic hydroxyl groups is 1. The zero-order chi connectivity index (χ0) is 19.6. The predicted octanol–water partition coefficient (Wildman–Crippen LogP) is 1.93. The van der Waals surface area contributed by atoms with Crippen LogP contribution < -0.4 is 16.7 Å². The topological polar surface area (TPSA) is 133 Å². The monoisotopic (exact) mass is 385 g/mol. The maximum Gasteiger partial charge on any atom is 0.276 e. The van der Waals surface area contributed by atoms with Gasteiger partial charge < -0.3 is 21.2 Å². The Bertz CT molecular complexity index is 1090. The Kier molecular flexibility index (Phi) is 5.20. The van der Waals surface area contributed by atoms with Crippen LogP contribution in [0, 0.1) is 0 Å². The number of nitrogens with zero attached hydrogens (tertiary/aromatic N) is 2. The fourth-order valence-corrected chi connectivity index (χ4v) is 2.78. The van der Waals surface area contributed by atoms with E-state index in [0.717, 1.165) is 0 Å². The summed E-state index contributed by atoms with van der Waals surface area (Å²) >= 11 is 5.92. The lowest BCUT2D eigenvalue weighted by Gasteiger charge is -2.14. The van der Waals surface area contributed by atoms with E-state index in [1.165, 1.54) is 6.92 Å². The standard InChI is InChI=1S/C18H16ClN5O3/c1-9(25)21-12-5-2-10(3-6-12)17(26)15(24-20)16-18(27)23-14-8-11(19)4-7-13(14)22-16/h2-8,17,26H,20H2,1H3,(H,21,25)(H,23,27)/b24-15-/t17-/m1/s1. The number of hydrazone groups is 1. The number of H-pyrrole nitrogens is 1. The van der Waals surface area contributed by atoms with Gasteiger partial charge in [-0.1, -0.05) is 23.7 Å². The van der Waals surface area contributed by atoms with Crippen molar-refractivity contribution in [3.8, 4) is 0 Å². The number of hydrogen-bond acceptors (Lipinski definition) is 6. The van der Waals surface area contributed by atoms with Gasteiger partial charge in [0.1, 0.15) is 11.8 Å². The highest BCUT2D eigenvalue weighted by molar-refractivity contribution is 6.31. The molecule has 27 heavy (non-hydrogen) atoms. The third-order valence-electron chi connectivity index (χ3n) is 3.84. The van der Waals surface area contributed by atoms with E-state index < -0.39 is 11.7 Å². The highest BCUT2D eigenvalue weighted by Gasteiger charge is 2.22. The molecule has 1 amide bonds. The lowest BCUT2D eigenvalue weighted by molar-refractivity contribution is -0.114. The molecule has 1 heterocycles. The van der Waals surface area contributed by atoms with Crippen LogP contribution in [-0.2, 0) is 4.79 Å². The number of carbonyl (C=O) groups is 1. The number of anilines is 1. The number of aromatic nitrogens is 2. The van der Waals surface area contributed by atoms with Crippen molar-refractivity contribution in [1.29, 1.82) is 0 Å². The second-order valence-electron chi connectivity index (χ2n) is 5.80. The van der Waals surface area contributed by atoms with Gasteiger partial charge in [0.25, 0.3) is 5.56 Å². The van der Waals surface area contributed by atoms with Crippen molar-refractivity contribution in [3.63, 3.8) is 0 Å². The third kappa shape index (κ3) is 3.97.